The third kappa shape index (κ3) is 5.59. The van der Waals surface area contributed by atoms with E-state index >= 15 is 0 Å². The molecular formula is C19H24N2O3S2. The van der Waals surface area contributed by atoms with Crippen LogP contribution in [0.4, 0.5) is 5.69 Å². The highest BCUT2D eigenvalue weighted by atomic mass is 32.2. The molecule has 2 N–H and O–H groups in total. The highest BCUT2D eigenvalue weighted by Gasteiger charge is 2.14. The first-order valence-corrected chi connectivity index (χ1v) is 11.1. The first-order chi connectivity index (χ1) is 12.5. The lowest BCUT2D eigenvalue weighted by Crippen LogP contribution is -2.24. The molecule has 0 heterocycles. The summed E-state index contributed by atoms with van der Waals surface area (Å²) >= 11 is 1.61. The Bertz CT molecular complexity index is 834. The summed E-state index contributed by atoms with van der Waals surface area (Å²) in [6.45, 7) is 4.46. The van der Waals surface area contributed by atoms with Gasteiger partial charge in [-0.15, -0.1) is 11.8 Å². The van der Waals surface area contributed by atoms with E-state index < -0.39 is 10.0 Å². The molecule has 0 bridgehead atoms. The first-order valence-electron chi connectivity index (χ1n) is 8.60. The van der Waals surface area contributed by atoms with E-state index in [0.717, 1.165) is 23.5 Å². The monoisotopic (exact) mass is 392 g/mol. The Morgan fingerprint density at radius 2 is 1.73 bits per heavy atom. The van der Waals surface area contributed by atoms with E-state index in [1.54, 1.807) is 30.0 Å². The van der Waals surface area contributed by atoms with Crippen LogP contribution in [-0.2, 0) is 10.0 Å². The number of anilines is 1. The molecule has 0 fully saturated rings. The van der Waals surface area contributed by atoms with Crippen LogP contribution in [0.2, 0.25) is 0 Å². The average Bonchev–Trinajstić information content (AvgIpc) is 2.63. The smallest absolute Gasteiger partial charge is 0.256 e. The Morgan fingerprint density at radius 3 is 2.38 bits per heavy atom. The van der Waals surface area contributed by atoms with Gasteiger partial charge in [0.1, 0.15) is 0 Å². The van der Waals surface area contributed by atoms with E-state index in [0.29, 0.717) is 17.8 Å². The zero-order valence-corrected chi connectivity index (χ0v) is 16.6. The largest absolute Gasteiger partial charge is 0.322 e. The van der Waals surface area contributed by atoms with Crippen LogP contribution in [0.25, 0.3) is 0 Å². The summed E-state index contributed by atoms with van der Waals surface area (Å²) in [5.41, 5.74) is 1.16. The van der Waals surface area contributed by atoms with Crippen LogP contribution >= 0.6 is 11.8 Å². The lowest BCUT2D eigenvalue weighted by molar-refractivity contribution is 0.102. The molecular weight excluding hydrogens is 368 g/mol. The topological polar surface area (TPSA) is 75.3 Å². The van der Waals surface area contributed by atoms with E-state index in [1.165, 1.54) is 12.1 Å². The fourth-order valence-corrected chi connectivity index (χ4v) is 4.19. The minimum Gasteiger partial charge on any atom is -0.322 e. The molecule has 0 aromatic heterocycles. The number of thioether (sulfide) groups is 1. The van der Waals surface area contributed by atoms with Crippen LogP contribution in [0.3, 0.4) is 0 Å². The first kappa shape index (κ1) is 20.5. The minimum atomic E-state index is -3.51. The van der Waals surface area contributed by atoms with Crippen molar-refractivity contribution >= 4 is 33.4 Å². The van der Waals surface area contributed by atoms with Gasteiger partial charge >= 0.3 is 0 Å². The third-order valence-corrected chi connectivity index (χ3v) is 6.11. The minimum absolute atomic E-state index is 0.188. The van der Waals surface area contributed by atoms with Crippen molar-refractivity contribution in [1.29, 1.82) is 0 Å². The molecule has 5 nitrogen and oxygen atoms in total. The van der Waals surface area contributed by atoms with Gasteiger partial charge in [0.2, 0.25) is 10.0 Å². The number of sulfonamides is 1. The Hall–Kier alpha value is -1.83. The van der Waals surface area contributed by atoms with Gasteiger partial charge in [0, 0.05) is 17.1 Å². The van der Waals surface area contributed by atoms with E-state index in [4.69, 9.17) is 0 Å². The summed E-state index contributed by atoms with van der Waals surface area (Å²) in [7, 11) is -3.51. The SMILES string of the molecule is CCCCNS(=O)(=O)c1ccc(NC(=O)c2ccccc2SCC)cc1. The highest BCUT2D eigenvalue weighted by molar-refractivity contribution is 7.99. The Kier molecular flexibility index (Phi) is 7.68. The summed E-state index contributed by atoms with van der Waals surface area (Å²) in [5.74, 6) is 0.667. The molecule has 2 rings (SSSR count). The van der Waals surface area contributed by atoms with Crippen molar-refractivity contribution in [1.82, 2.24) is 4.72 Å². The van der Waals surface area contributed by atoms with Crippen molar-refractivity contribution in [2.24, 2.45) is 0 Å². The predicted octanol–water partition coefficient (Wildman–Crippen LogP) is 4.13. The molecule has 0 atom stereocenters. The third-order valence-electron chi connectivity index (χ3n) is 3.68. The summed E-state index contributed by atoms with van der Waals surface area (Å²) in [6.07, 6.45) is 1.72. The normalized spacial score (nSPS) is 11.3. The molecule has 140 valence electrons. The fourth-order valence-electron chi connectivity index (χ4n) is 2.32. The molecule has 0 aliphatic carbocycles. The van der Waals surface area contributed by atoms with Crippen molar-refractivity contribution in [3.8, 4) is 0 Å². The molecule has 0 radical (unpaired) electrons. The fraction of sp³-hybridized carbons (Fsp3) is 0.316. The van der Waals surface area contributed by atoms with Gasteiger partial charge in [-0.3, -0.25) is 4.79 Å². The van der Waals surface area contributed by atoms with Crippen LogP contribution in [0.5, 0.6) is 0 Å². The molecule has 0 saturated carbocycles. The lowest BCUT2D eigenvalue weighted by atomic mass is 10.2. The summed E-state index contributed by atoms with van der Waals surface area (Å²) < 4.78 is 26.9. The van der Waals surface area contributed by atoms with E-state index in [2.05, 4.69) is 10.0 Å². The number of unbranched alkanes of at least 4 members (excludes halogenated alkanes) is 1. The lowest BCUT2D eigenvalue weighted by Gasteiger charge is -2.10. The van der Waals surface area contributed by atoms with Crippen molar-refractivity contribution in [2.45, 2.75) is 36.5 Å². The van der Waals surface area contributed by atoms with Gasteiger partial charge in [0.25, 0.3) is 5.91 Å². The maximum Gasteiger partial charge on any atom is 0.256 e. The summed E-state index contributed by atoms with van der Waals surface area (Å²) in [6, 6.07) is 13.6. The van der Waals surface area contributed by atoms with Gasteiger partial charge in [-0.05, 0) is 48.6 Å². The molecule has 2 aromatic carbocycles. The second kappa shape index (κ2) is 9.75. The quantitative estimate of drug-likeness (QED) is 0.497. The zero-order valence-electron chi connectivity index (χ0n) is 15.0. The van der Waals surface area contributed by atoms with Gasteiger partial charge in [-0.2, -0.15) is 0 Å². The maximum absolute atomic E-state index is 12.5. The van der Waals surface area contributed by atoms with Crippen molar-refractivity contribution in [3.63, 3.8) is 0 Å². The van der Waals surface area contributed by atoms with Crippen LogP contribution in [0, 0.1) is 0 Å². The molecule has 1 amide bonds. The molecule has 26 heavy (non-hydrogen) atoms. The van der Waals surface area contributed by atoms with E-state index in [1.807, 2.05) is 32.0 Å². The number of hydrogen-bond donors (Lipinski definition) is 2. The summed E-state index contributed by atoms with van der Waals surface area (Å²) in [4.78, 5) is 13.6. The molecule has 0 saturated heterocycles. The second-order valence-corrected chi connectivity index (χ2v) is 8.73. The Morgan fingerprint density at radius 1 is 1.04 bits per heavy atom. The molecule has 0 spiro atoms. The van der Waals surface area contributed by atoms with Gasteiger partial charge in [-0.25, -0.2) is 13.1 Å². The Balaban J connectivity index is 2.09. The molecule has 7 heteroatoms. The number of rotatable bonds is 9. The van der Waals surface area contributed by atoms with Crippen LogP contribution in [0.15, 0.2) is 58.3 Å². The number of carbonyl (C=O) groups excluding carboxylic acids is 1. The van der Waals surface area contributed by atoms with E-state index in [-0.39, 0.29) is 10.8 Å². The number of hydrogen-bond acceptors (Lipinski definition) is 4. The van der Waals surface area contributed by atoms with Gasteiger partial charge in [0.05, 0.1) is 10.5 Å². The van der Waals surface area contributed by atoms with Crippen LogP contribution in [0.1, 0.15) is 37.0 Å². The van der Waals surface area contributed by atoms with Crippen molar-refractivity contribution in [2.75, 3.05) is 17.6 Å². The molecule has 2 aromatic rings. The highest BCUT2D eigenvalue weighted by Crippen LogP contribution is 2.23. The second-order valence-electron chi connectivity index (χ2n) is 5.66. The number of nitrogens with one attached hydrogen (secondary N) is 2. The van der Waals surface area contributed by atoms with Gasteiger partial charge in [0.15, 0.2) is 0 Å². The Labute approximate surface area is 159 Å². The van der Waals surface area contributed by atoms with Crippen molar-refractivity contribution < 1.29 is 13.2 Å². The number of benzene rings is 2. The molecule has 0 aliphatic rings. The number of amides is 1. The predicted molar refractivity (Wildman–Crippen MR) is 107 cm³/mol. The van der Waals surface area contributed by atoms with Crippen molar-refractivity contribution in [3.05, 3.63) is 54.1 Å². The zero-order chi connectivity index (χ0) is 19.0. The molecule has 0 aliphatic heterocycles. The number of carbonyl (C=O) groups is 1. The van der Waals surface area contributed by atoms with Crippen LogP contribution in [-0.4, -0.2) is 26.6 Å². The molecule has 0 unspecified atom stereocenters. The van der Waals surface area contributed by atoms with Gasteiger partial charge in [-0.1, -0.05) is 32.4 Å². The summed E-state index contributed by atoms with van der Waals surface area (Å²) in [5, 5.41) is 2.82. The van der Waals surface area contributed by atoms with Crippen LogP contribution < -0.4 is 10.0 Å². The van der Waals surface area contributed by atoms with E-state index in [9.17, 15) is 13.2 Å². The average molecular weight is 393 g/mol. The maximum atomic E-state index is 12.5. The standard InChI is InChI=1S/C19H24N2O3S2/c1-3-5-14-20-26(23,24)16-12-10-15(11-13-16)21-19(22)17-8-6-7-9-18(17)25-4-2/h6-13,20H,3-5,14H2,1-2H3,(H,21,22). The van der Waals surface area contributed by atoms with Gasteiger partial charge < -0.3 is 5.32 Å².